The molecule has 8 heteroatoms. The van der Waals surface area contributed by atoms with Gasteiger partial charge in [-0.2, -0.15) is 5.10 Å². The summed E-state index contributed by atoms with van der Waals surface area (Å²) < 4.78 is 3.07. The summed E-state index contributed by atoms with van der Waals surface area (Å²) in [4.78, 5) is 32.6. The van der Waals surface area contributed by atoms with Crippen molar-refractivity contribution < 1.29 is 4.79 Å². The lowest BCUT2D eigenvalue weighted by atomic mass is 10.1. The number of amides is 1. The second kappa shape index (κ2) is 7.30. The van der Waals surface area contributed by atoms with Crippen LogP contribution in [0, 0.1) is 13.8 Å². The number of aromatic nitrogens is 5. The normalized spacial score (nSPS) is 10.7. The van der Waals surface area contributed by atoms with Crippen LogP contribution in [0.1, 0.15) is 16.8 Å². The van der Waals surface area contributed by atoms with Crippen molar-refractivity contribution in [2.45, 2.75) is 26.9 Å². The minimum Gasteiger partial charge on any atom is -0.350 e. The van der Waals surface area contributed by atoms with Gasteiger partial charge in [0.1, 0.15) is 6.54 Å². The van der Waals surface area contributed by atoms with Gasteiger partial charge in [-0.15, -0.1) is 0 Å². The Morgan fingerprint density at radius 2 is 2.08 bits per heavy atom. The van der Waals surface area contributed by atoms with E-state index >= 15 is 0 Å². The highest BCUT2D eigenvalue weighted by Crippen LogP contribution is 2.17. The number of pyridine rings is 1. The van der Waals surface area contributed by atoms with Gasteiger partial charge in [-0.1, -0.05) is 0 Å². The molecule has 0 bridgehead atoms. The number of nitrogens with zero attached hydrogens (tertiary/aromatic N) is 5. The molecule has 3 aromatic heterocycles. The molecule has 26 heavy (non-hydrogen) atoms. The molecule has 0 atom stereocenters. The fourth-order valence-corrected chi connectivity index (χ4v) is 2.58. The maximum absolute atomic E-state index is 12.2. The van der Waals surface area contributed by atoms with Crippen molar-refractivity contribution >= 4 is 5.91 Å². The number of carbonyl (C=O) groups excluding carboxylic acids is 1. The van der Waals surface area contributed by atoms with E-state index in [4.69, 9.17) is 0 Å². The van der Waals surface area contributed by atoms with Gasteiger partial charge < -0.3 is 5.32 Å². The minimum absolute atomic E-state index is 0.0677. The van der Waals surface area contributed by atoms with Crippen LogP contribution in [0.4, 0.5) is 0 Å². The van der Waals surface area contributed by atoms with E-state index in [1.165, 1.54) is 10.9 Å². The molecule has 8 nitrogen and oxygen atoms in total. The molecule has 0 aliphatic rings. The van der Waals surface area contributed by atoms with E-state index in [-0.39, 0.29) is 18.0 Å². The Morgan fingerprint density at radius 3 is 2.81 bits per heavy atom. The van der Waals surface area contributed by atoms with Gasteiger partial charge in [0.2, 0.25) is 5.91 Å². The molecule has 1 N–H and O–H groups in total. The first-order valence-electron chi connectivity index (χ1n) is 8.17. The average molecular weight is 352 g/mol. The third-order valence-electron chi connectivity index (χ3n) is 4.23. The second-order valence-electron chi connectivity index (χ2n) is 6.09. The summed E-state index contributed by atoms with van der Waals surface area (Å²) in [7, 11) is 1.86. The SMILES string of the molecule is Cc1ncn(CC(=O)NCc2cncc(-c3ccnn3C)c2)c(=O)c1C. The minimum atomic E-state index is -0.261. The molecule has 0 saturated carbocycles. The van der Waals surface area contributed by atoms with Crippen LogP contribution in [-0.4, -0.2) is 30.2 Å². The van der Waals surface area contributed by atoms with E-state index in [9.17, 15) is 9.59 Å². The van der Waals surface area contributed by atoms with Gasteiger partial charge in [-0.05, 0) is 31.5 Å². The third-order valence-corrected chi connectivity index (χ3v) is 4.23. The van der Waals surface area contributed by atoms with Crippen molar-refractivity contribution in [3.63, 3.8) is 0 Å². The number of aryl methyl sites for hydroxylation is 2. The van der Waals surface area contributed by atoms with Crippen molar-refractivity contribution in [1.29, 1.82) is 0 Å². The quantitative estimate of drug-likeness (QED) is 0.738. The van der Waals surface area contributed by atoms with Gasteiger partial charge in [0.25, 0.3) is 5.56 Å². The Kier molecular flexibility index (Phi) is 4.92. The largest absolute Gasteiger partial charge is 0.350 e. The van der Waals surface area contributed by atoms with E-state index in [1.807, 2.05) is 19.2 Å². The summed E-state index contributed by atoms with van der Waals surface area (Å²) >= 11 is 0. The number of hydrogen-bond donors (Lipinski definition) is 1. The summed E-state index contributed by atoms with van der Waals surface area (Å²) in [6, 6.07) is 3.85. The molecule has 3 rings (SSSR count). The molecule has 3 heterocycles. The molecular formula is C18H20N6O2. The molecule has 0 radical (unpaired) electrons. The molecule has 0 aromatic carbocycles. The van der Waals surface area contributed by atoms with E-state index in [1.54, 1.807) is 37.1 Å². The van der Waals surface area contributed by atoms with E-state index in [0.29, 0.717) is 17.8 Å². The first-order chi connectivity index (χ1) is 12.5. The molecule has 0 aliphatic carbocycles. The predicted molar refractivity (Wildman–Crippen MR) is 96.3 cm³/mol. The fourth-order valence-electron chi connectivity index (χ4n) is 2.58. The predicted octanol–water partition coefficient (Wildman–Crippen LogP) is 0.972. The molecule has 0 saturated heterocycles. The smallest absolute Gasteiger partial charge is 0.256 e. The van der Waals surface area contributed by atoms with Crippen molar-refractivity contribution in [2.75, 3.05) is 0 Å². The number of hydrogen-bond acceptors (Lipinski definition) is 5. The second-order valence-corrected chi connectivity index (χ2v) is 6.09. The number of rotatable bonds is 5. The van der Waals surface area contributed by atoms with E-state index in [2.05, 4.69) is 20.4 Å². The van der Waals surface area contributed by atoms with Gasteiger partial charge in [0, 0.05) is 49.0 Å². The van der Waals surface area contributed by atoms with Gasteiger partial charge in [-0.3, -0.25) is 23.8 Å². The Bertz CT molecular complexity index is 1000. The number of nitrogens with one attached hydrogen (secondary N) is 1. The van der Waals surface area contributed by atoms with Gasteiger partial charge in [-0.25, -0.2) is 4.98 Å². The molecule has 0 fully saturated rings. The zero-order valence-electron chi connectivity index (χ0n) is 14.9. The Hall–Kier alpha value is -3.29. The summed E-state index contributed by atoms with van der Waals surface area (Å²) in [6.45, 7) is 3.73. The molecule has 134 valence electrons. The maximum Gasteiger partial charge on any atom is 0.256 e. The van der Waals surface area contributed by atoms with Crippen molar-refractivity contribution in [2.24, 2.45) is 7.05 Å². The Balaban J connectivity index is 1.66. The first-order valence-corrected chi connectivity index (χ1v) is 8.17. The Morgan fingerprint density at radius 1 is 1.27 bits per heavy atom. The highest BCUT2D eigenvalue weighted by Gasteiger charge is 2.09. The summed E-state index contributed by atoms with van der Waals surface area (Å²) in [5, 5.41) is 6.95. The summed E-state index contributed by atoms with van der Waals surface area (Å²) in [5.41, 5.74) is 3.75. The van der Waals surface area contributed by atoms with E-state index in [0.717, 1.165) is 16.8 Å². The molecule has 0 spiro atoms. The fraction of sp³-hybridized carbons (Fsp3) is 0.278. The van der Waals surface area contributed by atoms with E-state index < -0.39 is 0 Å². The first kappa shape index (κ1) is 17.5. The monoisotopic (exact) mass is 352 g/mol. The lowest BCUT2D eigenvalue weighted by Crippen LogP contribution is -2.33. The van der Waals surface area contributed by atoms with Crippen molar-refractivity contribution in [3.05, 3.63) is 64.2 Å². The molecular weight excluding hydrogens is 332 g/mol. The molecule has 0 unspecified atom stereocenters. The molecule has 0 aliphatic heterocycles. The van der Waals surface area contributed by atoms with Crippen LogP contribution in [0.25, 0.3) is 11.3 Å². The summed E-state index contributed by atoms with van der Waals surface area (Å²) in [5.74, 6) is -0.261. The van der Waals surface area contributed by atoms with Crippen LogP contribution in [0.5, 0.6) is 0 Å². The zero-order chi connectivity index (χ0) is 18.7. The number of carbonyl (C=O) groups is 1. The topological polar surface area (TPSA) is 94.7 Å². The highest BCUT2D eigenvalue weighted by atomic mass is 16.2. The van der Waals surface area contributed by atoms with Crippen LogP contribution in [0.2, 0.25) is 0 Å². The lowest BCUT2D eigenvalue weighted by Gasteiger charge is -2.09. The lowest BCUT2D eigenvalue weighted by molar-refractivity contribution is -0.121. The Labute approximate surface area is 150 Å². The zero-order valence-corrected chi connectivity index (χ0v) is 14.9. The van der Waals surface area contributed by atoms with Crippen LogP contribution < -0.4 is 10.9 Å². The maximum atomic E-state index is 12.2. The van der Waals surface area contributed by atoms with Crippen LogP contribution in [0.15, 0.2) is 41.8 Å². The summed E-state index contributed by atoms with van der Waals surface area (Å²) in [6.07, 6.45) is 6.57. The average Bonchev–Trinajstić information content (AvgIpc) is 3.07. The van der Waals surface area contributed by atoms with Crippen LogP contribution in [0.3, 0.4) is 0 Å². The van der Waals surface area contributed by atoms with Crippen molar-refractivity contribution in [1.82, 2.24) is 29.6 Å². The highest BCUT2D eigenvalue weighted by molar-refractivity contribution is 5.75. The third kappa shape index (κ3) is 3.69. The standard InChI is InChI=1S/C18H20N6O2/c1-12-13(2)21-11-24(18(12)26)10-17(25)20-8-14-6-15(9-19-7-14)16-4-5-22-23(16)3/h4-7,9,11H,8,10H2,1-3H3,(H,20,25). The molecule has 3 aromatic rings. The molecule has 1 amide bonds. The van der Waals surface area contributed by atoms with Crippen molar-refractivity contribution in [3.8, 4) is 11.3 Å². The van der Waals surface area contributed by atoms with Gasteiger partial charge in [0.05, 0.1) is 12.0 Å². The van der Waals surface area contributed by atoms with Gasteiger partial charge in [0.15, 0.2) is 0 Å². The van der Waals surface area contributed by atoms with Crippen LogP contribution >= 0.6 is 0 Å². The van der Waals surface area contributed by atoms with Crippen LogP contribution in [-0.2, 0) is 24.9 Å². The van der Waals surface area contributed by atoms with Gasteiger partial charge >= 0.3 is 0 Å².